The van der Waals surface area contributed by atoms with Gasteiger partial charge < -0.3 is 9.73 Å². The summed E-state index contributed by atoms with van der Waals surface area (Å²) in [7, 11) is 0. The van der Waals surface area contributed by atoms with Crippen LogP contribution in [-0.2, 0) is 0 Å². The third kappa shape index (κ3) is 4.58. The van der Waals surface area contributed by atoms with Crippen LogP contribution in [0.3, 0.4) is 0 Å². The minimum atomic E-state index is 0.286. The third-order valence-electron chi connectivity index (χ3n) is 3.34. The Bertz CT molecular complexity index is 551. The summed E-state index contributed by atoms with van der Waals surface area (Å²) in [5, 5.41) is 12.0. The van der Waals surface area contributed by atoms with Crippen molar-refractivity contribution in [2.24, 2.45) is 0 Å². The van der Waals surface area contributed by atoms with Crippen LogP contribution in [0.4, 0.5) is 0 Å². The fourth-order valence-electron chi connectivity index (χ4n) is 2.12. The molecule has 1 N–H and O–H groups in total. The fraction of sp³-hybridized carbons (Fsp3) is 0.500. The molecule has 0 bridgehead atoms. The van der Waals surface area contributed by atoms with Gasteiger partial charge in [-0.2, -0.15) is 0 Å². The zero-order valence-electron chi connectivity index (χ0n) is 13.1. The second-order valence-electron chi connectivity index (χ2n) is 5.33. The van der Waals surface area contributed by atoms with E-state index < -0.39 is 0 Å². The predicted molar refractivity (Wildman–Crippen MR) is 86.7 cm³/mol. The summed E-state index contributed by atoms with van der Waals surface area (Å²) >= 11 is 1.59. The van der Waals surface area contributed by atoms with Gasteiger partial charge in [-0.15, -0.1) is 10.2 Å². The zero-order chi connectivity index (χ0) is 15.2. The monoisotopic (exact) mass is 305 g/mol. The summed E-state index contributed by atoms with van der Waals surface area (Å²) in [4.78, 5) is 0. The molecule has 0 aliphatic heterocycles. The summed E-state index contributed by atoms with van der Waals surface area (Å²) in [6, 6.07) is 9.14. The number of aromatic nitrogens is 2. The first-order valence-corrected chi connectivity index (χ1v) is 8.34. The van der Waals surface area contributed by atoms with E-state index in [-0.39, 0.29) is 6.04 Å². The van der Waals surface area contributed by atoms with E-state index in [0.29, 0.717) is 17.0 Å². The molecule has 1 aromatic heterocycles. The van der Waals surface area contributed by atoms with Crippen LogP contribution >= 0.6 is 11.8 Å². The number of nitrogens with zero attached hydrogens (tertiary/aromatic N) is 2. The molecule has 1 heterocycles. The van der Waals surface area contributed by atoms with E-state index in [2.05, 4.69) is 60.6 Å². The predicted octanol–water partition coefficient (Wildman–Crippen LogP) is 3.94. The Labute approximate surface area is 130 Å². The van der Waals surface area contributed by atoms with Crippen molar-refractivity contribution in [2.45, 2.75) is 44.9 Å². The van der Waals surface area contributed by atoms with E-state index in [0.717, 1.165) is 12.3 Å². The summed E-state index contributed by atoms with van der Waals surface area (Å²) in [5.41, 5.74) is 2.67. The maximum Gasteiger partial charge on any atom is 0.276 e. The van der Waals surface area contributed by atoms with Gasteiger partial charge in [-0.25, -0.2) is 0 Å². The molecule has 0 aliphatic carbocycles. The number of hydrogen-bond acceptors (Lipinski definition) is 5. The second-order valence-corrected chi connectivity index (χ2v) is 6.30. The first-order chi connectivity index (χ1) is 10.1. The normalized spacial score (nSPS) is 12.8. The van der Waals surface area contributed by atoms with Gasteiger partial charge in [0.1, 0.15) is 0 Å². The molecule has 1 unspecified atom stereocenters. The van der Waals surface area contributed by atoms with Crippen molar-refractivity contribution in [3.63, 3.8) is 0 Å². The lowest BCUT2D eigenvalue weighted by Gasteiger charge is -2.18. The molecule has 0 saturated carbocycles. The van der Waals surface area contributed by atoms with Crippen LogP contribution in [0.15, 0.2) is 33.9 Å². The summed E-state index contributed by atoms with van der Waals surface area (Å²) in [6.07, 6.45) is 0. The number of nitrogens with one attached hydrogen (secondary N) is 1. The van der Waals surface area contributed by atoms with Crippen molar-refractivity contribution < 1.29 is 4.42 Å². The van der Waals surface area contributed by atoms with Gasteiger partial charge in [0.05, 0.1) is 0 Å². The molecule has 2 aromatic rings. The molecule has 1 aromatic carbocycles. The van der Waals surface area contributed by atoms with Crippen molar-refractivity contribution in [1.29, 1.82) is 0 Å². The van der Waals surface area contributed by atoms with Gasteiger partial charge in [-0.1, -0.05) is 56.8 Å². The summed E-state index contributed by atoms with van der Waals surface area (Å²) in [6.45, 7) is 9.29. The molecule has 1 atom stereocenters. The standard InChI is InChI=1S/C16H23N3OS/c1-5-17-15(10-21-16-19-18-12(4)20-16)14-8-6-13(7-9-14)11(2)3/h6-9,11,15,17H,5,10H2,1-4H3. The van der Waals surface area contributed by atoms with Gasteiger partial charge in [0.25, 0.3) is 5.22 Å². The Balaban J connectivity index is 2.03. The number of benzene rings is 1. The van der Waals surface area contributed by atoms with E-state index in [1.165, 1.54) is 11.1 Å². The molecule has 0 radical (unpaired) electrons. The molecular formula is C16H23N3OS. The molecule has 0 amide bonds. The highest BCUT2D eigenvalue weighted by Crippen LogP contribution is 2.25. The fourth-order valence-corrected chi connectivity index (χ4v) is 3.02. The van der Waals surface area contributed by atoms with Crippen LogP contribution < -0.4 is 5.32 Å². The largest absolute Gasteiger partial charge is 0.416 e. The lowest BCUT2D eigenvalue weighted by atomic mass is 9.99. The number of rotatable bonds is 7. The van der Waals surface area contributed by atoms with Gasteiger partial charge in [0, 0.05) is 18.7 Å². The first kappa shape index (κ1) is 16.0. The quantitative estimate of drug-likeness (QED) is 0.785. The highest BCUT2D eigenvalue weighted by Gasteiger charge is 2.13. The maximum absolute atomic E-state index is 5.41. The first-order valence-electron chi connectivity index (χ1n) is 7.36. The Morgan fingerprint density at radius 3 is 2.33 bits per heavy atom. The average molecular weight is 305 g/mol. The minimum Gasteiger partial charge on any atom is -0.416 e. The third-order valence-corrected chi connectivity index (χ3v) is 4.25. The molecule has 0 saturated heterocycles. The van der Waals surface area contributed by atoms with E-state index in [4.69, 9.17) is 4.42 Å². The Kier molecular flexibility index (Phi) is 5.82. The van der Waals surface area contributed by atoms with Gasteiger partial charge in [-0.3, -0.25) is 0 Å². The molecular weight excluding hydrogens is 282 g/mol. The van der Waals surface area contributed by atoms with E-state index >= 15 is 0 Å². The zero-order valence-corrected chi connectivity index (χ0v) is 13.9. The highest BCUT2D eigenvalue weighted by molar-refractivity contribution is 7.99. The van der Waals surface area contributed by atoms with Crippen molar-refractivity contribution >= 4 is 11.8 Å². The van der Waals surface area contributed by atoms with E-state index in [9.17, 15) is 0 Å². The highest BCUT2D eigenvalue weighted by atomic mass is 32.2. The topological polar surface area (TPSA) is 51.0 Å². The average Bonchev–Trinajstić information content (AvgIpc) is 2.89. The van der Waals surface area contributed by atoms with Crippen LogP contribution in [0, 0.1) is 6.92 Å². The smallest absolute Gasteiger partial charge is 0.276 e. The molecule has 2 rings (SSSR count). The lowest BCUT2D eigenvalue weighted by molar-refractivity contribution is 0.428. The molecule has 0 fully saturated rings. The molecule has 0 aliphatic rings. The lowest BCUT2D eigenvalue weighted by Crippen LogP contribution is -2.23. The number of hydrogen-bond donors (Lipinski definition) is 1. The second kappa shape index (κ2) is 7.61. The van der Waals surface area contributed by atoms with Gasteiger partial charge in [-0.05, 0) is 23.6 Å². The van der Waals surface area contributed by atoms with Gasteiger partial charge in [0.2, 0.25) is 5.89 Å². The van der Waals surface area contributed by atoms with Crippen LogP contribution in [0.1, 0.15) is 49.7 Å². The van der Waals surface area contributed by atoms with E-state index in [1.54, 1.807) is 11.8 Å². The molecule has 0 spiro atoms. The van der Waals surface area contributed by atoms with Gasteiger partial charge >= 0.3 is 0 Å². The summed E-state index contributed by atoms with van der Waals surface area (Å²) in [5.74, 6) is 2.04. The van der Waals surface area contributed by atoms with Crippen LogP contribution in [0.25, 0.3) is 0 Å². The Morgan fingerprint density at radius 2 is 1.81 bits per heavy atom. The number of thioether (sulfide) groups is 1. The van der Waals surface area contributed by atoms with E-state index in [1.807, 2.05) is 6.92 Å². The van der Waals surface area contributed by atoms with Crippen molar-refractivity contribution in [1.82, 2.24) is 15.5 Å². The minimum absolute atomic E-state index is 0.286. The van der Waals surface area contributed by atoms with Crippen molar-refractivity contribution in [3.05, 3.63) is 41.3 Å². The van der Waals surface area contributed by atoms with Crippen molar-refractivity contribution in [3.8, 4) is 0 Å². The summed E-state index contributed by atoms with van der Waals surface area (Å²) < 4.78 is 5.41. The maximum atomic E-state index is 5.41. The van der Waals surface area contributed by atoms with Crippen molar-refractivity contribution in [2.75, 3.05) is 12.3 Å². The Hall–Kier alpha value is -1.33. The van der Waals surface area contributed by atoms with Crippen LogP contribution in [-0.4, -0.2) is 22.5 Å². The van der Waals surface area contributed by atoms with Crippen LogP contribution in [0.2, 0.25) is 0 Å². The molecule has 114 valence electrons. The molecule has 21 heavy (non-hydrogen) atoms. The van der Waals surface area contributed by atoms with Gasteiger partial charge in [0.15, 0.2) is 0 Å². The molecule has 4 nitrogen and oxygen atoms in total. The van der Waals surface area contributed by atoms with Crippen LogP contribution in [0.5, 0.6) is 0 Å². The molecule has 5 heteroatoms. The SMILES string of the molecule is CCNC(CSc1nnc(C)o1)c1ccc(C(C)C)cc1. The Morgan fingerprint density at radius 1 is 1.14 bits per heavy atom. The number of aryl methyl sites for hydroxylation is 1.